The van der Waals surface area contributed by atoms with Gasteiger partial charge in [0.05, 0.1) is 5.75 Å². The Morgan fingerprint density at radius 2 is 2.25 bits per heavy atom. The van der Waals surface area contributed by atoms with Crippen LogP contribution in [0.5, 0.6) is 0 Å². The Bertz CT molecular complexity index is 491. The summed E-state index contributed by atoms with van der Waals surface area (Å²) in [7, 11) is -2.90. The molecule has 0 saturated heterocycles. The number of rotatable bonds is 5. The van der Waals surface area contributed by atoms with E-state index in [1.54, 1.807) is 18.2 Å². The van der Waals surface area contributed by atoms with E-state index < -0.39 is 9.84 Å². The molecule has 0 aliphatic carbocycles. The van der Waals surface area contributed by atoms with Crippen molar-refractivity contribution in [2.45, 2.75) is 6.42 Å². The molecule has 0 radical (unpaired) electrons. The fourth-order valence-electron chi connectivity index (χ4n) is 1.15. The van der Waals surface area contributed by atoms with Crippen molar-refractivity contribution >= 4 is 15.7 Å². The van der Waals surface area contributed by atoms with E-state index in [2.05, 4.69) is 10.3 Å². The van der Waals surface area contributed by atoms with Crippen molar-refractivity contribution in [3.05, 3.63) is 23.9 Å². The predicted molar refractivity (Wildman–Crippen MR) is 61.8 cm³/mol. The van der Waals surface area contributed by atoms with Crippen LogP contribution in [0, 0.1) is 11.3 Å². The molecule has 1 N–H and O–H groups in total. The van der Waals surface area contributed by atoms with Crippen LogP contribution in [0.25, 0.3) is 0 Å². The maximum absolute atomic E-state index is 10.9. The molecule has 0 bridgehead atoms. The van der Waals surface area contributed by atoms with Gasteiger partial charge in [0.15, 0.2) is 0 Å². The lowest BCUT2D eigenvalue weighted by Gasteiger charge is -2.04. The van der Waals surface area contributed by atoms with E-state index in [1.165, 1.54) is 6.26 Å². The zero-order valence-electron chi connectivity index (χ0n) is 8.97. The third kappa shape index (κ3) is 4.75. The first-order valence-corrected chi connectivity index (χ1v) is 6.86. The Morgan fingerprint density at radius 1 is 1.50 bits per heavy atom. The minimum Gasteiger partial charge on any atom is -0.370 e. The maximum Gasteiger partial charge on any atom is 0.147 e. The quantitative estimate of drug-likeness (QED) is 0.768. The van der Waals surface area contributed by atoms with Crippen LogP contribution < -0.4 is 5.32 Å². The molecule has 0 aliphatic rings. The normalized spacial score (nSPS) is 10.8. The number of sulfone groups is 1. The van der Waals surface area contributed by atoms with E-state index in [4.69, 9.17) is 5.26 Å². The second-order valence-corrected chi connectivity index (χ2v) is 5.69. The van der Waals surface area contributed by atoms with E-state index in [0.717, 1.165) is 0 Å². The Balaban J connectivity index is 2.41. The van der Waals surface area contributed by atoms with Gasteiger partial charge >= 0.3 is 0 Å². The predicted octanol–water partition coefficient (Wildman–Crippen LogP) is 0.800. The third-order valence-electron chi connectivity index (χ3n) is 1.86. The standard InChI is InChI=1S/C10H13N3O2S/c1-16(14,15)7-3-6-12-10-5-2-4-9(8-11)13-10/h2,4-5H,3,6-7H2,1H3,(H,12,13). The van der Waals surface area contributed by atoms with Crippen molar-refractivity contribution in [3.63, 3.8) is 0 Å². The van der Waals surface area contributed by atoms with Gasteiger partial charge in [0.1, 0.15) is 27.4 Å². The first kappa shape index (κ1) is 12.5. The summed E-state index contributed by atoms with van der Waals surface area (Å²) in [6, 6.07) is 7.01. The van der Waals surface area contributed by atoms with Gasteiger partial charge in [-0.15, -0.1) is 0 Å². The van der Waals surface area contributed by atoms with Gasteiger partial charge in [-0.1, -0.05) is 6.07 Å². The molecule has 0 amide bonds. The monoisotopic (exact) mass is 239 g/mol. The molecule has 0 fully saturated rings. The van der Waals surface area contributed by atoms with Crippen LogP contribution in [0.2, 0.25) is 0 Å². The molecule has 16 heavy (non-hydrogen) atoms. The van der Waals surface area contributed by atoms with Crippen molar-refractivity contribution in [1.29, 1.82) is 5.26 Å². The van der Waals surface area contributed by atoms with Crippen molar-refractivity contribution in [2.75, 3.05) is 23.9 Å². The molecule has 0 aromatic carbocycles. The molecule has 0 unspecified atom stereocenters. The van der Waals surface area contributed by atoms with Crippen molar-refractivity contribution in [1.82, 2.24) is 4.98 Å². The molecule has 0 aliphatic heterocycles. The summed E-state index contributed by atoms with van der Waals surface area (Å²) in [5.74, 6) is 0.741. The number of hydrogen-bond donors (Lipinski definition) is 1. The summed E-state index contributed by atoms with van der Waals surface area (Å²) in [4.78, 5) is 4.00. The number of anilines is 1. The highest BCUT2D eigenvalue weighted by Crippen LogP contribution is 2.03. The molecule has 1 aromatic heterocycles. The first-order chi connectivity index (χ1) is 7.51. The molecule has 0 spiro atoms. The molecule has 1 rings (SSSR count). The lowest BCUT2D eigenvalue weighted by Crippen LogP contribution is -2.10. The summed E-state index contributed by atoms with van der Waals surface area (Å²) in [6.07, 6.45) is 1.73. The Labute approximate surface area is 95.0 Å². The van der Waals surface area contributed by atoms with Gasteiger partial charge in [-0.05, 0) is 18.6 Å². The summed E-state index contributed by atoms with van der Waals surface area (Å²) in [5, 5.41) is 11.6. The first-order valence-electron chi connectivity index (χ1n) is 4.80. The van der Waals surface area contributed by atoms with Crippen LogP contribution in [0.4, 0.5) is 5.82 Å². The van der Waals surface area contributed by atoms with Crippen LogP contribution in [0.1, 0.15) is 12.1 Å². The second kappa shape index (κ2) is 5.47. The number of hydrogen-bond acceptors (Lipinski definition) is 5. The number of pyridine rings is 1. The van der Waals surface area contributed by atoms with Crippen LogP contribution in [0.15, 0.2) is 18.2 Å². The Kier molecular flexibility index (Phi) is 4.26. The summed E-state index contributed by atoms with van der Waals surface area (Å²) in [5.41, 5.74) is 0.341. The highest BCUT2D eigenvalue weighted by atomic mass is 32.2. The fourth-order valence-corrected chi connectivity index (χ4v) is 1.81. The van der Waals surface area contributed by atoms with Gasteiger partial charge in [0.2, 0.25) is 0 Å². The van der Waals surface area contributed by atoms with Crippen LogP contribution in [0.3, 0.4) is 0 Å². The van der Waals surface area contributed by atoms with Crippen LogP contribution in [-0.2, 0) is 9.84 Å². The van der Waals surface area contributed by atoms with E-state index >= 15 is 0 Å². The summed E-state index contributed by atoms with van der Waals surface area (Å²) >= 11 is 0. The largest absolute Gasteiger partial charge is 0.370 e. The summed E-state index contributed by atoms with van der Waals surface area (Å²) < 4.78 is 21.7. The molecule has 1 heterocycles. The topological polar surface area (TPSA) is 82.9 Å². The number of nitriles is 1. The second-order valence-electron chi connectivity index (χ2n) is 3.43. The summed E-state index contributed by atoms with van der Waals surface area (Å²) in [6.45, 7) is 0.523. The lowest BCUT2D eigenvalue weighted by atomic mass is 10.3. The molecular weight excluding hydrogens is 226 g/mol. The average molecular weight is 239 g/mol. The molecule has 6 heteroatoms. The SMILES string of the molecule is CS(=O)(=O)CCCNc1cccc(C#N)n1. The van der Waals surface area contributed by atoms with Gasteiger partial charge in [0, 0.05) is 12.8 Å². The van der Waals surface area contributed by atoms with Gasteiger partial charge in [-0.3, -0.25) is 0 Å². The third-order valence-corrected chi connectivity index (χ3v) is 2.89. The average Bonchev–Trinajstić information content (AvgIpc) is 2.23. The van der Waals surface area contributed by atoms with Crippen molar-refractivity contribution in [2.24, 2.45) is 0 Å². The number of nitrogens with zero attached hydrogens (tertiary/aromatic N) is 2. The van der Waals surface area contributed by atoms with Crippen LogP contribution in [-0.4, -0.2) is 32.0 Å². The van der Waals surface area contributed by atoms with Gasteiger partial charge in [-0.2, -0.15) is 5.26 Å². The molecule has 5 nitrogen and oxygen atoms in total. The Hall–Kier alpha value is -1.61. The van der Waals surface area contributed by atoms with E-state index in [-0.39, 0.29) is 5.75 Å². The van der Waals surface area contributed by atoms with E-state index in [9.17, 15) is 8.42 Å². The Morgan fingerprint density at radius 3 is 2.88 bits per heavy atom. The smallest absolute Gasteiger partial charge is 0.147 e. The fraction of sp³-hybridized carbons (Fsp3) is 0.400. The maximum atomic E-state index is 10.9. The highest BCUT2D eigenvalue weighted by Gasteiger charge is 2.01. The number of nitrogens with one attached hydrogen (secondary N) is 1. The minimum atomic E-state index is -2.90. The minimum absolute atomic E-state index is 0.151. The zero-order valence-corrected chi connectivity index (χ0v) is 9.79. The molecule has 0 saturated carbocycles. The molecule has 1 aromatic rings. The van der Waals surface area contributed by atoms with Crippen molar-refractivity contribution in [3.8, 4) is 6.07 Å². The molecule has 86 valence electrons. The highest BCUT2D eigenvalue weighted by molar-refractivity contribution is 7.90. The molecular formula is C10H13N3O2S. The van der Waals surface area contributed by atoms with Gasteiger partial charge in [0.25, 0.3) is 0 Å². The van der Waals surface area contributed by atoms with Gasteiger partial charge in [-0.25, -0.2) is 13.4 Å². The van der Waals surface area contributed by atoms with Gasteiger partial charge < -0.3 is 5.32 Å². The lowest BCUT2D eigenvalue weighted by molar-refractivity contribution is 0.600. The molecule has 0 atom stereocenters. The van der Waals surface area contributed by atoms with E-state index in [1.807, 2.05) is 6.07 Å². The van der Waals surface area contributed by atoms with Crippen LogP contribution >= 0.6 is 0 Å². The number of aromatic nitrogens is 1. The zero-order chi connectivity index (χ0) is 12.0. The van der Waals surface area contributed by atoms with Crippen molar-refractivity contribution < 1.29 is 8.42 Å². The van der Waals surface area contributed by atoms with E-state index in [0.29, 0.717) is 24.5 Å².